The van der Waals surface area contributed by atoms with Crippen LogP contribution in [0.4, 0.5) is 24.5 Å². The number of ether oxygens (including phenoxy) is 1. The first-order chi connectivity index (χ1) is 11.8. The number of anilines is 2. The van der Waals surface area contributed by atoms with Gasteiger partial charge in [-0.05, 0) is 42.7 Å². The van der Waals surface area contributed by atoms with Crippen LogP contribution >= 0.6 is 0 Å². The molecule has 7 heteroatoms. The SMILES string of the molecule is COc1ccc(NC(=O)C2(c3cccc(C(F)(F)F)c3)CC2)cc1N. The van der Waals surface area contributed by atoms with Gasteiger partial charge < -0.3 is 15.8 Å². The molecule has 2 aromatic carbocycles. The van der Waals surface area contributed by atoms with E-state index in [0.29, 0.717) is 35.5 Å². The molecule has 3 rings (SSSR count). The molecule has 132 valence electrons. The lowest BCUT2D eigenvalue weighted by Crippen LogP contribution is -2.28. The van der Waals surface area contributed by atoms with Crippen molar-refractivity contribution in [3.05, 3.63) is 53.6 Å². The summed E-state index contributed by atoms with van der Waals surface area (Å²) in [5.74, 6) is 0.147. The van der Waals surface area contributed by atoms with Crippen molar-refractivity contribution in [2.75, 3.05) is 18.2 Å². The highest BCUT2D eigenvalue weighted by Crippen LogP contribution is 2.50. The van der Waals surface area contributed by atoms with Crippen molar-refractivity contribution in [1.29, 1.82) is 0 Å². The van der Waals surface area contributed by atoms with Crippen LogP contribution in [0.2, 0.25) is 0 Å². The number of carbonyl (C=O) groups is 1. The van der Waals surface area contributed by atoms with E-state index in [1.165, 1.54) is 13.2 Å². The van der Waals surface area contributed by atoms with Gasteiger partial charge in [0.1, 0.15) is 5.75 Å². The van der Waals surface area contributed by atoms with Crippen LogP contribution in [-0.4, -0.2) is 13.0 Å². The molecule has 3 N–H and O–H groups in total. The van der Waals surface area contributed by atoms with E-state index < -0.39 is 17.2 Å². The Kier molecular flexibility index (Phi) is 4.10. The number of amides is 1. The molecule has 0 aliphatic heterocycles. The zero-order valence-electron chi connectivity index (χ0n) is 13.5. The molecule has 1 fully saturated rings. The molecule has 0 radical (unpaired) electrons. The Morgan fingerprint density at radius 1 is 1.20 bits per heavy atom. The van der Waals surface area contributed by atoms with Gasteiger partial charge in [0.05, 0.1) is 23.8 Å². The summed E-state index contributed by atoms with van der Waals surface area (Å²) in [4.78, 5) is 12.7. The van der Waals surface area contributed by atoms with Gasteiger partial charge in [0.25, 0.3) is 0 Å². The van der Waals surface area contributed by atoms with Crippen LogP contribution in [0.15, 0.2) is 42.5 Å². The van der Waals surface area contributed by atoms with Crippen LogP contribution in [0.25, 0.3) is 0 Å². The van der Waals surface area contributed by atoms with E-state index in [9.17, 15) is 18.0 Å². The molecule has 0 saturated heterocycles. The molecule has 1 saturated carbocycles. The quantitative estimate of drug-likeness (QED) is 0.820. The second kappa shape index (κ2) is 5.98. The minimum Gasteiger partial charge on any atom is -0.495 e. The van der Waals surface area contributed by atoms with E-state index in [2.05, 4.69) is 5.32 Å². The molecule has 1 amide bonds. The number of nitrogens with two attached hydrogens (primary N) is 1. The first-order valence-electron chi connectivity index (χ1n) is 7.69. The van der Waals surface area contributed by atoms with Gasteiger partial charge in [-0.2, -0.15) is 13.2 Å². The second-order valence-corrected chi connectivity index (χ2v) is 6.07. The number of alkyl halides is 3. The molecule has 25 heavy (non-hydrogen) atoms. The number of nitrogens with one attached hydrogen (secondary N) is 1. The van der Waals surface area contributed by atoms with Gasteiger partial charge in [-0.15, -0.1) is 0 Å². The third-order valence-corrected chi connectivity index (χ3v) is 4.41. The zero-order valence-corrected chi connectivity index (χ0v) is 13.5. The first kappa shape index (κ1) is 17.1. The summed E-state index contributed by atoms with van der Waals surface area (Å²) in [5, 5.41) is 2.74. The monoisotopic (exact) mass is 350 g/mol. The van der Waals surface area contributed by atoms with Crippen LogP contribution in [0.3, 0.4) is 0 Å². The fraction of sp³-hybridized carbons (Fsp3) is 0.278. The summed E-state index contributed by atoms with van der Waals surface area (Å²) in [7, 11) is 1.48. The van der Waals surface area contributed by atoms with Gasteiger partial charge in [0, 0.05) is 5.69 Å². The number of hydrogen-bond donors (Lipinski definition) is 2. The maximum absolute atomic E-state index is 12.9. The van der Waals surface area contributed by atoms with Crippen molar-refractivity contribution in [1.82, 2.24) is 0 Å². The second-order valence-electron chi connectivity index (χ2n) is 6.07. The molecule has 0 atom stereocenters. The van der Waals surface area contributed by atoms with E-state index in [1.807, 2.05) is 0 Å². The summed E-state index contributed by atoms with van der Waals surface area (Å²) >= 11 is 0. The highest BCUT2D eigenvalue weighted by Gasteiger charge is 2.51. The summed E-state index contributed by atoms with van der Waals surface area (Å²) in [6.07, 6.45) is -3.43. The number of hydrogen-bond acceptors (Lipinski definition) is 3. The van der Waals surface area contributed by atoms with Crippen molar-refractivity contribution in [2.24, 2.45) is 0 Å². The third kappa shape index (κ3) is 3.26. The molecular weight excluding hydrogens is 333 g/mol. The van der Waals surface area contributed by atoms with E-state index in [4.69, 9.17) is 10.5 Å². The minimum atomic E-state index is -4.44. The van der Waals surface area contributed by atoms with E-state index in [1.54, 1.807) is 24.3 Å². The maximum Gasteiger partial charge on any atom is 0.416 e. The average Bonchev–Trinajstić information content (AvgIpc) is 3.36. The molecule has 0 spiro atoms. The number of carbonyl (C=O) groups excluding carboxylic acids is 1. The molecule has 0 bridgehead atoms. The Hall–Kier alpha value is -2.70. The van der Waals surface area contributed by atoms with Gasteiger partial charge >= 0.3 is 6.18 Å². The van der Waals surface area contributed by atoms with Crippen molar-refractivity contribution < 1.29 is 22.7 Å². The summed E-state index contributed by atoms with van der Waals surface area (Å²) in [5.41, 5.74) is 5.35. The van der Waals surface area contributed by atoms with Crippen LogP contribution in [0.1, 0.15) is 24.0 Å². The predicted octanol–water partition coefficient (Wildman–Crippen LogP) is 3.97. The fourth-order valence-electron chi connectivity index (χ4n) is 2.83. The summed E-state index contributed by atoms with van der Waals surface area (Å²) in [6.45, 7) is 0. The summed E-state index contributed by atoms with van der Waals surface area (Å²) in [6, 6.07) is 9.75. The number of nitrogen functional groups attached to an aromatic ring is 1. The number of rotatable bonds is 4. The number of halogens is 3. The number of methoxy groups -OCH3 is 1. The molecule has 1 aliphatic rings. The van der Waals surface area contributed by atoms with Crippen molar-refractivity contribution >= 4 is 17.3 Å². The van der Waals surface area contributed by atoms with Gasteiger partial charge in [-0.25, -0.2) is 0 Å². The maximum atomic E-state index is 12.9. The van der Waals surface area contributed by atoms with E-state index >= 15 is 0 Å². The zero-order chi connectivity index (χ0) is 18.2. The molecule has 0 heterocycles. The lowest BCUT2D eigenvalue weighted by molar-refractivity contribution is -0.137. The average molecular weight is 350 g/mol. The third-order valence-electron chi connectivity index (χ3n) is 4.41. The van der Waals surface area contributed by atoms with Crippen LogP contribution in [0.5, 0.6) is 5.75 Å². The molecule has 1 aliphatic carbocycles. The molecular formula is C18H17F3N2O2. The highest BCUT2D eigenvalue weighted by molar-refractivity contribution is 6.01. The Bertz CT molecular complexity index is 814. The number of benzene rings is 2. The Morgan fingerprint density at radius 2 is 1.92 bits per heavy atom. The molecule has 4 nitrogen and oxygen atoms in total. The predicted molar refractivity (Wildman–Crippen MR) is 88.4 cm³/mol. The Morgan fingerprint density at radius 3 is 2.48 bits per heavy atom. The van der Waals surface area contributed by atoms with Crippen molar-refractivity contribution in [3.63, 3.8) is 0 Å². The lowest BCUT2D eigenvalue weighted by atomic mass is 9.93. The topological polar surface area (TPSA) is 64.3 Å². The van der Waals surface area contributed by atoms with Crippen molar-refractivity contribution in [3.8, 4) is 5.75 Å². The Labute approximate surface area is 142 Å². The molecule has 2 aromatic rings. The minimum absolute atomic E-state index is 0.337. The highest BCUT2D eigenvalue weighted by atomic mass is 19.4. The standard InChI is InChI=1S/C18H17F3N2O2/c1-25-15-6-5-13(10-14(15)22)23-16(24)17(7-8-17)11-3-2-4-12(9-11)18(19,20)21/h2-6,9-10H,7-8,22H2,1H3,(H,23,24). The van der Waals surface area contributed by atoms with Gasteiger partial charge in [-0.1, -0.05) is 18.2 Å². The van der Waals surface area contributed by atoms with Gasteiger partial charge in [0.2, 0.25) is 5.91 Å². The lowest BCUT2D eigenvalue weighted by Gasteiger charge is -2.18. The molecule has 0 unspecified atom stereocenters. The van der Waals surface area contributed by atoms with Crippen LogP contribution in [-0.2, 0) is 16.4 Å². The van der Waals surface area contributed by atoms with E-state index in [0.717, 1.165) is 12.1 Å². The largest absolute Gasteiger partial charge is 0.495 e. The van der Waals surface area contributed by atoms with Crippen molar-refractivity contribution in [2.45, 2.75) is 24.4 Å². The smallest absolute Gasteiger partial charge is 0.416 e. The fourth-order valence-corrected chi connectivity index (χ4v) is 2.83. The van der Waals surface area contributed by atoms with Gasteiger partial charge in [0.15, 0.2) is 0 Å². The van der Waals surface area contributed by atoms with Crippen LogP contribution < -0.4 is 15.8 Å². The summed E-state index contributed by atoms with van der Waals surface area (Å²) < 4.78 is 43.8. The first-order valence-corrected chi connectivity index (χ1v) is 7.69. The normalized spacial score (nSPS) is 15.5. The van der Waals surface area contributed by atoms with Crippen LogP contribution in [0, 0.1) is 0 Å². The molecule has 0 aromatic heterocycles. The van der Waals surface area contributed by atoms with Gasteiger partial charge in [-0.3, -0.25) is 4.79 Å². The van der Waals surface area contributed by atoms with E-state index in [-0.39, 0.29) is 5.91 Å². The Balaban J connectivity index is 1.84.